The van der Waals surface area contributed by atoms with Crippen LogP contribution in [0.3, 0.4) is 0 Å². The second kappa shape index (κ2) is 7.74. The highest BCUT2D eigenvalue weighted by molar-refractivity contribution is 7.20. The summed E-state index contributed by atoms with van der Waals surface area (Å²) in [7, 11) is 0. The fourth-order valence-electron chi connectivity index (χ4n) is 3.45. The van der Waals surface area contributed by atoms with Gasteiger partial charge in [0, 0.05) is 24.8 Å². The molecule has 1 aliphatic rings. The molecule has 0 amide bonds. The first-order valence-corrected chi connectivity index (χ1v) is 10.2. The van der Waals surface area contributed by atoms with E-state index in [0.717, 1.165) is 25.5 Å². The molecule has 1 saturated heterocycles. The average molecular weight is 440 g/mol. The first kappa shape index (κ1) is 20.4. The Balaban J connectivity index is 1.64. The summed E-state index contributed by atoms with van der Waals surface area (Å²) < 4.78 is 46.2. The van der Waals surface area contributed by atoms with E-state index in [4.69, 9.17) is 10.5 Å². The van der Waals surface area contributed by atoms with Gasteiger partial charge in [-0.15, -0.1) is 5.10 Å². The van der Waals surface area contributed by atoms with Crippen molar-refractivity contribution in [2.45, 2.75) is 25.9 Å². The van der Waals surface area contributed by atoms with Gasteiger partial charge in [-0.3, -0.25) is 4.79 Å². The number of aromatic nitrogens is 4. The summed E-state index contributed by atoms with van der Waals surface area (Å²) in [5.74, 6) is -1.04. The number of nitrogens with zero attached hydrogens (tertiary/aromatic N) is 5. The van der Waals surface area contributed by atoms with Gasteiger partial charge in [-0.2, -0.15) is 13.2 Å². The highest BCUT2D eigenvalue weighted by atomic mass is 32.1. The number of nitrogens with two attached hydrogens (primary N) is 1. The van der Waals surface area contributed by atoms with E-state index >= 15 is 0 Å². The van der Waals surface area contributed by atoms with Gasteiger partial charge in [0.15, 0.2) is 0 Å². The normalized spacial score (nSPS) is 17.5. The third-order valence-corrected chi connectivity index (χ3v) is 5.89. The Morgan fingerprint density at radius 2 is 2.17 bits per heavy atom. The average Bonchev–Trinajstić information content (AvgIpc) is 3.29. The van der Waals surface area contributed by atoms with Crippen LogP contribution in [0.15, 0.2) is 18.5 Å². The van der Waals surface area contributed by atoms with Gasteiger partial charge in [0.1, 0.15) is 5.82 Å². The third-order valence-electron chi connectivity index (χ3n) is 4.91. The number of fused-ring (bicyclic) bond motifs is 1. The number of carbonyl (C=O) groups is 1. The third kappa shape index (κ3) is 3.78. The van der Waals surface area contributed by atoms with Crippen LogP contribution in [0, 0.1) is 5.92 Å². The number of anilines is 2. The summed E-state index contributed by atoms with van der Waals surface area (Å²) in [5.41, 5.74) is 4.98. The van der Waals surface area contributed by atoms with Crippen molar-refractivity contribution >= 4 is 33.2 Å². The maximum atomic E-state index is 13.2. The molecule has 1 unspecified atom stereocenters. The lowest BCUT2D eigenvalue weighted by Crippen LogP contribution is -2.39. The van der Waals surface area contributed by atoms with Gasteiger partial charge >= 0.3 is 12.1 Å². The van der Waals surface area contributed by atoms with Crippen molar-refractivity contribution in [1.82, 2.24) is 19.6 Å². The fraction of sp³-hybridized carbons (Fsp3) is 0.444. The highest BCUT2D eigenvalue weighted by Gasteiger charge is 2.34. The maximum absolute atomic E-state index is 13.2. The second-order valence-electron chi connectivity index (χ2n) is 6.91. The highest BCUT2D eigenvalue weighted by Crippen LogP contribution is 2.36. The van der Waals surface area contributed by atoms with Crippen LogP contribution in [-0.4, -0.2) is 45.2 Å². The van der Waals surface area contributed by atoms with E-state index in [1.54, 1.807) is 6.92 Å². The summed E-state index contributed by atoms with van der Waals surface area (Å²) in [5, 5.41) is 5.18. The molecular weight excluding hydrogens is 421 g/mol. The number of imidazole rings is 1. The lowest BCUT2D eigenvalue weighted by molar-refractivity contribution is -0.148. The Labute approximate surface area is 173 Å². The predicted octanol–water partition coefficient (Wildman–Crippen LogP) is 3.23. The van der Waals surface area contributed by atoms with Gasteiger partial charge in [-0.1, -0.05) is 11.3 Å². The topological polar surface area (TPSA) is 98.6 Å². The lowest BCUT2D eigenvalue weighted by Gasteiger charge is -2.30. The van der Waals surface area contributed by atoms with E-state index in [-0.39, 0.29) is 17.5 Å². The van der Waals surface area contributed by atoms with E-state index in [2.05, 4.69) is 15.1 Å². The van der Waals surface area contributed by atoms with Crippen molar-refractivity contribution in [3.63, 3.8) is 0 Å². The molecule has 0 spiro atoms. The van der Waals surface area contributed by atoms with Crippen LogP contribution in [0.4, 0.5) is 24.1 Å². The Kier molecular flexibility index (Phi) is 5.26. The van der Waals surface area contributed by atoms with Gasteiger partial charge in [0.05, 0.1) is 30.0 Å². The molecule has 12 heteroatoms. The molecule has 0 aromatic carbocycles. The number of alkyl halides is 3. The Bertz CT molecular complexity index is 1080. The number of hydrogen-bond donors (Lipinski definition) is 1. The van der Waals surface area contributed by atoms with E-state index < -0.39 is 17.6 Å². The molecule has 2 N–H and O–H groups in total. The Hall–Kier alpha value is -2.89. The number of nitrogen functional groups attached to an aromatic ring is 1. The zero-order valence-corrected chi connectivity index (χ0v) is 16.8. The summed E-state index contributed by atoms with van der Waals surface area (Å²) in [4.78, 5) is 22.5. The molecule has 0 aliphatic carbocycles. The maximum Gasteiger partial charge on any atom is 0.419 e. The van der Waals surface area contributed by atoms with Crippen molar-refractivity contribution in [3.8, 4) is 11.3 Å². The molecule has 4 heterocycles. The van der Waals surface area contributed by atoms with Gasteiger partial charge in [-0.05, 0) is 25.8 Å². The van der Waals surface area contributed by atoms with Gasteiger partial charge in [0.2, 0.25) is 10.1 Å². The minimum absolute atomic E-state index is 0.212. The summed E-state index contributed by atoms with van der Waals surface area (Å²) in [6, 6.07) is 0.947. The molecule has 0 saturated carbocycles. The van der Waals surface area contributed by atoms with Crippen molar-refractivity contribution < 1.29 is 22.7 Å². The van der Waals surface area contributed by atoms with Gasteiger partial charge in [-0.25, -0.2) is 14.5 Å². The summed E-state index contributed by atoms with van der Waals surface area (Å²) in [6.07, 6.45) is -0.326. The minimum atomic E-state index is -4.61. The minimum Gasteiger partial charge on any atom is -0.466 e. The number of piperidine rings is 1. The molecule has 3 aromatic rings. The standard InChI is InChI=1S/C18H19F3N6O2S/c1-2-29-15(28)10-4-3-5-26(9-10)17-25-27-13(8-24-16(27)30-17)11-6-12(18(19,20)21)14(22)23-7-11/h6-8,10H,2-5,9H2,1H3,(H2,22,23). The molecule has 1 atom stereocenters. The predicted molar refractivity (Wildman–Crippen MR) is 105 cm³/mol. The number of ether oxygens (including phenoxy) is 1. The Morgan fingerprint density at radius 1 is 1.37 bits per heavy atom. The number of carbonyl (C=O) groups excluding carboxylic acids is 1. The second-order valence-corrected chi connectivity index (χ2v) is 7.85. The molecule has 0 bridgehead atoms. The van der Waals surface area contributed by atoms with E-state index in [0.29, 0.717) is 28.9 Å². The molecule has 0 radical (unpaired) electrons. The summed E-state index contributed by atoms with van der Waals surface area (Å²) >= 11 is 1.31. The first-order chi connectivity index (χ1) is 14.3. The van der Waals surface area contributed by atoms with Crippen LogP contribution >= 0.6 is 11.3 Å². The largest absolute Gasteiger partial charge is 0.466 e. The molecule has 8 nitrogen and oxygen atoms in total. The fourth-order valence-corrected chi connectivity index (χ4v) is 4.36. The van der Waals surface area contributed by atoms with Crippen molar-refractivity contribution in [2.24, 2.45) is 5.92 Å². The van der Waals surface area contributed by atoms with Crippen LogP contribution in [0.5, 0.6) is 0 Å². The number of halogens is 3. The van der Waals surface area contributed by atoms with Crippen molar-refractivity contribution in [2.75, 3.05) is 30.3 Å². The molecule has 30 heavy (non-hydrogen) atoms. The van der Waals surface area contributed by atoms with Crippen LogP contribution < -0.4 is 10.6 Å². The zero-order chi connectivity index (χ0) is 21.5. The molecule has 1 fully saturated rings. The quantitative estimate of drug-likeness (QED) is 0.622. The molecular formula is C18H19F3N6O2S. The first-order valence-electron chi connectivity index (χ1n) is 9.37. The molecule has 160 valence electrons. The lowest BCUT2D eigenvalue weighted by atomic mass is 9.99. The molecule has 1 aliphatic heterocycles. The molecule has 4 rings (SSSR count). The summed E-state index contributed by atoms with van der Waals surface area (Å²) in [6.45, 7) is 3.31. The van der Waals surface area contributed by atoms with Gasteiger partial charge < -0.3 is 15.4 Å². The molecule has 3 aromatic heterocycles. The smallest absolute Gasteiger partial charge is 0.419 e. The van der Waals surface area contributed by atoms with E-state index in [1.165, 1.54) is 28.2 Å². The van der Waals surface area contributed by atoms with Crippen molar-refractivity contribution in [3.05, 3.63) is 24.0 Å². The number of hydrogen-bond acceptors (Lipinski definition) is 8. The zero-order valence-electron chi connectivity index (χ0n) is 16.0. The van der Waals surface area contributed by atoms with E-state index in [9.17, 15) is 18.0 Å². The van der Waals surface area contributed by atoms with Crippen LogP contribution in [0.1, 0.15) is 25.3 Å². The van der Waals surface area contributed by atoms with E-state index in [1.807, 2.05) is 4.90 Å². The van der Waals surface area contributed by atoms with Crippen LogP contribution in [0.25, 0.3) is 16.2 Å². The van der Waals surface area contributed by atoms with Crippen LogP contribution in [0.2, 0.25) is 0 Å². The number of rotatable bonds is 4. The SMILES string of the molecule is CCOC(=O)C1CCCN(c2nn3c(-c4cnc(N)c(C(F)(F)F)c4)cnc3s2)C1. The van der Waals surface area contributed by atoms with Crippen molar-refractivity contribution in [1.29, 1.82) is 0 Å². The Morgan fingerprint density at radius 3 is 2.90 bits per heavy atom. The van der Waals surface area contributed by atoms with Gasteiger partial charge in [0.25, 0.3) is 0 Å². The monoisotopic (exact) mass is 440 g/mol. The van der Waals surface area contributed by atoms with Crippen LogP contribution in [-0.2, 0) is 15.7 Å². The number of esters is 1. The number of pyridine rings is 1.